The largest absolute Gasteiger partial charge is 0.477 e. The zero-order valence-corrected chi connectivity index (χ0v) is 12.2. The standard InChI is InChI=1S/C16H8F4N2O3/c17-9-4-5-11-12(7-9)21-22-14(13(11)15(23)24)25-10-3-1-2-8(6-10)16(18,19)20/h1-7H,(H,23,24). The molecule has 0 saturated heterocycles. The second-order valence-corrected chi connectivity index (χ2v) is 4.97. The fraction of sp³-hybridized carbons (Fsp3) is 0.0625. The average molecular weight is 352 g/mol. The quantitative estimate of drug-likeness (QED) is 0.713. The van der Waals surface area contributed by atoms with Gasteiger partial charge < -0.3 is 9.84 Å². The first-order valence-corrected chi connectivity index (χ1v) is 6.80. The van der Waals surface area contributed by atoms with E-state index in [1.54, 1.807) is 0 Å². The highest BCUT2D eigenvalue weighted by Gasteiger charge is 2.31. The van der Waals surface area contributed by atoms with Gasteiger partial charge >= 0.3 is 12.1 Å². The molecule has 0 aliphatic heterocycles. The molecule has 0 saturated carbocycles. The Kier molecular flexibility index (Phi) is 3.99. The van der Waals surface area contributed by atoms with Gasteiger partial charge in [-0.2, -0.15) is 13.2 Å². The highest BCUT2D eigenvalue weighted by atomic mass is 19.4. The van der Waals surface area contributed by atoms with Gasteiger partial charge in [-0.25, -0.2) is 9.18 Å². The lowest BCUT2D eigenvalue weighted by molar-refractivity contribution is -0.137. The van der Waals surface area contributed by atoms with Crippen LogP contribution in [0.4, 0.5) is 17.6 Å². The van der Waals surface area contributed by atoms with Gasteiger partial charge in [-0.1, -0.05) is 6.07 Å². The Morgan fingerprint density at radius 1 is 1.08 bits per heavy atom. The van der Waals surface area contributed by atoms with Gasteiger partial charge in [0, 0.05) is 11.5 Å². The molecule has 1 N–H and O–H groups in total. The summed E-state index contributed by atoms with van der Waals surface area (Å²) in [4.78, 5) is 11.5. The second kappa shape index (κ2) is 6.00. The number of aromatic nitrogens is 2. The van der Waals surface area contributed by atoms with E-state index in [4.69, 9.17) is 4.74 Å². The Labute approximate surface area is 137 Å². The minimum Gasteiger partial charge on any atom is -0.477 e. The minimum atomic E-state index is -4.58. The third-order valence-corrected chi connectivity index (χ3v) is 3.28. The number of fused-ring (bicyclic) bond motifs is 1. The maximum absolute atomic E-state index is 13.2. The number of nitrogens with zero attached hydrogens (tertiary/aromatic N) is 2. The molecule has 0 radical (unpaired) electrons. The van der Waals surface area contributed by atoms with E-state index < -0.39 is 35.0 Å². The van der Waals surface area contributed by atoms with Crippen molar-refractivity contribution in [1.82, 2.24) is 10.2 Å². The molecule has 0 unspecified atom stereocenters. The van der Waals surface area contributed by atoms with Crippen molar-refractivity contribution in [2.45, 2.75) is 6.18 Å². The van der Waals surface area contributed by atoms with Crippen molar-refractivity contribution < 1.29 is 32.2 Å². The third kappa shape index (κ3) is 3.35. The molecule has 2 aromatic carbocycles. The molecule has 0 aliphatic rings. The highest BCUT2D eigenvalue weighted by Crippen LogP contribution is 2.34. The van der Waals surface area contributed by atoms with Crippen LogP contribution in [-0.4, -0.2) is 21.3 Å². The molecule has 25 heavy (non-hydrogen) atoms. The fourth-order valence-corrected chi connectivity index (χ4v) is 2.19. The van der Waals surface area contributed by atoms with Crippen LogP contribution in [0.2, 0.25) is 0 Å². The number of carboxylic acids is 1. The van der Waals surface area contributed by atoms with Crippen LogP contribution >= 0.6 is 0 Å². The molecule has 3 rings (SSSR count). The minimum absolute atomic E-state index is 0.0196. The number of aromatic carboxylic acids is 1. The lowest BCUT2D eigenvalue weighted by Gasteiger charge is -2.11. The number of hydrogen-bond acceptors (Lipinski definition) is 4. The normalized spacial score (nSPS) is 11.5. The Morgan fingerprint density at radius 2 is 1.84 bits per heavy atom. The van der Waals surface area contributed by atoms with Crippen molar-refractivity contribution >= 4 is 16.9 Å². The van der Waals surface area contributed by atoms with Crippen LogP contribution in [0, 0.1) is 5.82 Å². The van der Waals surface area contributed by atoms with Crippen LogP contribution in [0.3, 0.4) is 0 Å². The first kappa shape index (κ1) is 16.6. The Hall–Kier alpha value is -3.23. The number of ether oxygens (including phenoxy) is 1. The van der Waals surface area contributed by atoms with E-state index >= 15 is 0 Å². The van der Waals surface area contributed by atoms with Gasteiger partial charge in [0.2, 0.25) is 0 Å². The predicted molar refractivity (Wildman–Crippen MR) is 78.0 cm³/mol. The Bertz CT molecular complexity index is 973. The summed E-state index contributed by atoms with van der Waals surface area (Å²) in [6, 6.07) is 7.09. The van der Waals surface area contributed by atoms with Gasteiger partial charge in [0.1, 0.15) is 17.1 Å². The monoisotopic (exact) mass is 352 g/mol. The second-order valence-electron chi connectivity index (χ2n) is 4.97. The molecule has 0 spiro atoms. The van der Waals surface area contributed by atoms with Crippen molar-refractivity contribution in [1.29, 1.82) is 0 Å². The van der Waals surface area contributed by atoms with Gasteiger partial charge in [0.15, 0.2) is 0 Å². The van der Waals surface area contributed by atoms with E-state index in [1.807, 2.05) is 0 Å². The number of halogens is 4. The molecule has 9 heteroatoms. The number of rotatable bonds is 3. The lowest BCUT2D eigenvalue weighted by atomic mass is 10.1. The van der Waals surface area contributed by atoms with Crippen LogP contribution < -0.4 is 4.74 Å². The number of carbonyl (C=O) groups is 1. The van der Waals surface area contributed by atoms with E-state index in [1.165, 1.54) is 12.1 Å². The lowest BCUT2D eigenvalue weighted by Crippen LogP contribution is -2.07. The van der Waals surface area contributed by atoms with Crippen LogP contribution in [0.1, 0.15) is 15.9 Å². The van der Waals surface area contributed by atoms with E-state index in [0.717, 1.165) is 24.3 Å². The first-order chi connectivity index (χ1) is 11.8. The van der Waals surface area contributed by atoms with Crippen LogP contribution in [0.5, 0.6) is 11.6 Å². The Morgan fingerprint density at radius 3 is 2.52 bits per heavy atom. The van der Waals surface area contributed by atoms with Crippen molar-refractivity contribution in [3.05, 3.63) is 59.4 Å². The summed E-state index contributed by atoms with van der Waals surface area (Å²) in [5, 5.41) is 16.6. The van der Waals surface area contributed by atoms with Gasteiger partial charge in [-0.15, -0.1) is 10.2 Å². The third-order valence-electron chi connectivity index (χ3n) is 3.28. The SMILES string of the molecule is O=C(O)c1c(Oc2cccc(C(F)(F)F)c2)nnc2cc(F)ccc12. The zero-order chi connectivity index (χ0) is 18.2. The number of alkyl halides is 3. The molecule has 1 aromatic heterocycles. The fourth-order valence-electron chi connectivity index (χ4n) is 2.19. The van der Waals surface area contributed by atoms with E-state index in [-0.39, 0.29) is 16.7 Å². The van der Waals surface area contributed by atoms with Crippen LogP contribution in [-0.2, 0) is 6.18 Å². The summed E-state index contributed by atoms with van der Waals surface area (Å²) >= 11 is 0. The molecular formula is C16H8F4N2O3. The topological polar surface area (TPSA) is 72.3 Å². The molecule has 1 heterocycles. The first-order valence-electron chi connectivity index (χ1n) is 6.80. The smallest absolute Gasteiger partial charge is 0.416 e. The zero-order valence-electron chi connectivity index (χ0n) is 12.2. The molecule has 0 amide bonds. The van der Waals surface area contributed by atoms with E-state index in [0.29, 0.717) is 6.07 Å². The number of benzene rings is 2. The maximum atomic E-state index is 13.2. The summed E-state index contributed by atoms with van der Waals surface area (Å²) in [5.74, 6) is -2.82. The summed E-state index contributed by atoms with van der Waals surface area (Å²) in [7, 11) is 0. The van der Waals surface area contributed by atoms with Crippen molar-refractivity contribution in [2.75, 3.05) is 0 Å². The van der Waals surface area contributed by atoms with Crippen molar-refractivity contribution in [2.24, 2.45) is 0 Å². The van der Waals surface area contributed by atoms with Crippen LogP contribution in [0.25, 0.3) is 10.9 Å². The molecule has 5 nitrogen and oxygen atoms in total. The number of carboxylic acid groups (broad SMARTS) is 1. The van der Waals surface area contributed by atoms with Gasteiger partial charge in [0.25, 0.3) is 5.88 Å². The summed E-state index contributed by atoms with van der Waals surface area (Å²) < 4.78 is 56.7. The van der Waals surface area contributed by atoms with Gasteiger partial charge in [0.05, 0.1) is 11.1 Å². The predicted octanol–water partition coefficient (Wildman–Crippen LogP) is 4.28. The molecular weight excluding hydrogens is 344 g/mol. The molecule has 0 aliphatic carbocycles. The molecule has 0 bridgehead atoms. The highest BCUT2D eigenvalue weighted by molar-refractivity contribution is 6.04. The van der Waals surface area contributed by atoms with Crippen molar-refractivity contribution in [3.63, 3.8) is 0 Å². The molecule has 0 fully saturated rings. The molecule has 0 atom stereocenters. The van der Waals surface area contributed by atoms with Crippen molar-refractivity contribution in [3.8, 4) is 11.6 Å². The summed E-state index contributed by atoms with van der Waals surface area (Å²) in [6.07, 6.45) is -4.58. The summed E-state index contributed by atoms with van der Waals surface area (Å²) in [6.45, 7) is 0. The Balaban J connectivity index is 2.09. The van der Waals surface area contributed by atoms with E-state index in [9.17, 15) is 27.5 Å². The van der Waals surface area contributed by atoms with Gasteiger partial charge in [-0.3, -0.25) is 0 Å². The summed E-state index contributed by atoms with van der Waals surface area (Å²) in [5.41, 5.74) is -1.41. The molecule has 128 valence electrons. The number of hydrogen-bond donors (Lipinski definition) is 1. The van der Waals surface area contributed by atoms with E-state index in [2.05, 4.69) is 10.2 Å². The average Bonchev–Trinajstić information content (AvgIpc) is 2.54. The van der Waals surface area contributed by atoms with Gasteiger partial charge in [-0.05, 0) is 30.3 Å². The maximum Gasteiger partial charge on any atom is 0.416 e. The molecule has 3 aromatic rings. The van der Waals surface area contributed by atoms with Crippen LogP contribution in [0.15, 0.2) is 42.5 Å².